The van der Waals surface area contributed by atoms with Crippen LogP contribution in [0.5, 0.6) is 0 Å². The van der Waals surface area contributed by atoms with E-state index in [9.17, 15) is 0 Å². The first-order chi connectivity index (χ1) is 6.24. The molecule has 1 aliphatic carbocycles. The molecule has 0 unspecified atom stereocenters. The molecule has 0 heterocycles. The van der Waals surface area contributed by atoms with Crippen LogP contribution in [0.15, 0.2) is 23.3 Å². The molecule has 1 heteroatoms. The molecule has 0 aliphatic heterocycles. The lowest BCUT2D eigenvalue weighted by molar-refractivity contribution is 1.05. The molecule has 0 fully saturated rings. The Hall–Kier alpha value is -0.560. The van der Waals surface area contributed by atoms with E-state index in [-0.39, 0.29) is 0 Å². The standard InChI is InChI=1S/C7H11N.C3H8.C2H6/c1-6-2-3-7(4-6)5-8;1-3-2;1-2/h2-3H,4-5,8H2,1H3;3H2,1-2H3;1-2H3. The average molecular weight is 183 g/mol. The maximum atomic E-state index is 5.39. The molecule has 0 saturated carbocycles. The van der Waals surface area contributed by atoms with E-state index in [4.69, 9.17) is 5.73 Å². The zero-order valence-electron chi connectivity index (χ0n) is 9.85. The van der Waals surface area contributed by atoms with Gasteiger partial charge in [-0.1, -0.05) is 57.4 Å². The van der Waals surface area contributed by atoms with Crippen molar-refractivity contribution in [1.82, 2.24) is 0 Å². The molecular weight excluding hydrogens is 158 g/mol. The summed E-state index contributed by atoms with van der Waals surface area (Å²) in [6.07, 6.45) is 6.58. The van der Waals surface area contributed by atoms with Crippen LogP contribution in [0.25, 0.3) is 0 Å². The third-order valence-electron chi connectivity index (χ3n) is 1.37. The molecule has 78 valence electrons. The Labute approximate surface area is 83.7 Å². The fourth-order valence-electron chi connectivity index (χ4n) is 0.876. The molecule has 1 nitrogen and oxygen atoms in total. The molecule has 0 radical (unpaired) electrons. The van der Waals surface area contributed by atoms with Gasteiger partial charge in [0, 0.05) is 6.54 Å². The Balaban J connectivity index is 0. The highest BCUT2D eigenvalue weighted by atomic mass is 14.5. The van der Waals surface area contributed by atoms with Crippen molar-refractivity contribution < 1.29 is 0 Å². The smallest absolute Gasteiger partial charge is 0.0143 e. The maximum absolute atomic E-state index is 5.39. The Kier molecular flexibility index (Phi) is 13.1. The Morgan fingerprint density at radius 2 is 1.69 bits per heavy atom. The van der Waals surface area contributed by atoms with E-state index in [0.717, 1.165) is 6.42 Å². The summed E-state index contributed by atoms with van der Waals surface area (Å²) in [5.41, 5.74) is 8.17. The van der Waals surface area contributed by atoms with Gasteiger partial charge in [0.25, 0.3) is 0 Å². The highest BCUT2D eigenvalue weighted by Gasteiger charge is 1.99. The van der Waals surface area contributed by atoms with Crippen molar-refractivity contribution in [3.05, 3.63) is 23.3 Å². The summed E-state index contributed by atoms with van der Waals surface area (Å²) in [6.45, 7) is 11.1. The van der Waals surface area contributed by atoms with Crippen molar-refractivity contribution >= 4 is 0 Å². The predicted octanol–water partition coefficient (Wildman–Crippen LogP) is 3.66. The van der Waals surface area contributed by atoms with Crippen LogP contribution >= 0.6 is 0 Å². The van der Waals surface area contributed by atoms with Crippen LogP contribution in [-0.2, 0) is 0 Å². The van der Waals surface area contributed by atoms with Gasteiger partial charge < -0.3 is 5.73 Å². The van der Waals surface area contributed by atoms with Crippen LogP contribution in [0, 0.1) is 0 Å². The van der Waals surface area contributed by atoms with Crippen LogP contribution in [-0.4, -0.2) is 6.54 Å². The average Bonchev–Trinajstić information content (AvgIpc) is 2.56. The zero-order valence-corrected chi connectivity index (χ0v) is 9.85. The second-order valence-electron chi connectivity index (χ2n) is 2.93. The number of rotatable bonds is 1. The minimum Gasteiger partial charge on any atom is -0.327 e. The van der Waals surface area contributed by atoms with E-state index in [1.165, 1.54) is 17.6 Å². The summed E-state index contributed by atoms with van der Waals surface area (Å²) in [7, 11) is 0. The molecule has 0 spiro atoms. The van der Waals surface area contributed by atoms with Crippen LogP contribution in [0.1, 0.15) is 47.5 Å². The second-order valence-corrected chi connectivity index (χ2v) is 2.93. The molecule has 13 heavy (non-hydrogen) atoms. The van der Waals surface area contributed by atoms with E-state index < -0.39 is 0 Å². The summed E-state index contributed by atoms with van der Waals surface area (Å²) in [4.78, 5) is 0. The van der Waals surface area contributed by atoms with Crippen molar-refractivity contribution in [2.75, 3.05) is 6.54 Å². The highest BCUT2D eigenvalue weighted by molar-refractivity contribution is 5.29. The van der Waals surface area contributed by atoms with Gasteiger partial charge in [-0.3, -0.25) is 0 Å². The topological polar surface area (TPSA) is 26.0 Å². The molecular formula is C12H25N. The largest absolute Gasteiger partial charge is 0.327 e. The van der Waals surface area contributed by atoms with E-state index in [1.54, 1.807) is 0 Å². The fourth-order valence-corrected chi connectivity index (χ4v) is 0.876. The molecule has 0 aromatic carbocycles. The maximum Gasteiger partial charge on any atom is 0.0143 e. The Morgan fingerprint density at radius 3 is 1.85 bits per heavy atom. The molecule has 0 aromatic heterocycles. The van der Waals surface area contributed by atoms with Crippen molar-refractivity contribution in [2.24, 2.45) is 5.73 Å². The summed E-state index contributed by atoms with van der Waals surface area (Å²) in [5.74, 6) is 0. The first kappa shape index (κ1) is 14.9. The minimum absolute atomic E-state index is 0.716. The van der Waals surface area contributed by atoms with E-state index >= 15 is 0 Å². The third kappa shape index (κ3) is 9.35. The quantitative estimate of drug-likeness (QED) is 0.659. The van der Waals surface area contributed by atoms with Crippen LogP contribution in [0.4, 0.5) is 0 Å². The Morgan fingerprint density at radius 1 is 1.23 bits per heavy atom. The Bertz CT molecular complexity index is 155. The molecule has 1 aliphatic rings. The van der Waals surface area contributed by atoms with Gasteiger partial charge in [0.2, 0.25) is 0 Å². The SMILES string of the molecule is CC.CC1=CC=C(CN)C1.CCC. The normalized spacial score (nSPS) is 13.1. The highest BCUT2D eigenvalue weighted by Crippen LogP contribution is 2.15. The molecule has 0 amide bonds. The van der Waals surface area contributed by atoms with Crippen LogP contribution in [0.3, 0.4) is 0 Å². The molecule has 1 rings (SSSR count). The third-order valence-corrected chi connectivity index (χ3v) is 1.37. The predicted molar refractivity (Wildman–Crippen MR) is 62.8 cm³/mol. The molecule has 0 atom stereocenters. The number of hydrogen-bond acceptors (Lipinski definition) is 1. The van der Waals surface area contributed by atoms with Gasteiger partial charge in [-0.05, 0) is 13.3 Å². The van der Waals surface area contributed by atoms with Crippen molar-refractivity contribution in [2.45, 2.75) is 47.5 Å². The van der Waals surface area contributed by atoms with Gasteiger partial charge in [-0.2, -0.15) is 0 Å². The van der Waals surface area contributed by atoms with E-state index in [1.807, 2.05) is 13.8 Å². The summed E-state index contributed by atoms with van der Waals surface area (Å²) in [5, 5.41) is 0. The van der Waals surface area contributed by atoms with Crippen molar-refractivity contribution in [3.63, 3.8) is 0 Å². The first-order valence-corrected chi connectivity index (χ1v) is 5.29. The summed E-state index contributed by atoms with van der Waals surface area (Å²) in [6, 6.07) is 0. The van der Waals surface area contributed by atoms with Crippen LogP contribution in [0.2, 0.25) is 0 Å². The molecule has 0 saturated heterocycles. The van der Waals surface area contributed by atoms with Gasteiger partial charge in [0.05, 0.1) is 0 Å². The number of hydrogen-bond donors (Lipinski definition) is 1. The van der Waals surface area contributed by atoms with E-state index in [0.29, 0.717) is 6.54 Å². The van der Waals surface area contributed by atoms with Gasteiger partial charge in [-0.25, -0.2) is 0 Å². The number of nitrogens with two attached hydrogens (primary N) is 1. The minimum atomic E-state index is 0.716. The first-order valence-electron chi connectivity index (χ1n) is 5.29. The van der Waals surface area contributed by atoms with Gasteiger partial charge in [-0.15, -0.1) is 0 Å². The summed E-state index contributed by atoms with van der Waals surface area (Å²) >= 11 is 0. The molecule has 0 bridgehead atoms. The lowest BCUT2D eigenvalue weighted by Gasteiger charge is -1.93. The second kappa shape index (κ2) is 11.4. The number of allylic oxidation sites excluding steroid dienone is 3. The lowest BCUT2D eigenvalue weighted by Crippen LogP contribution is -2.00. The monoisotopic (exact) mass is 183 g/mol. The van der Waals surface area contributed by atoms with Gasteiger partial charge in [0.15, 0.2) is 0 Å². The van der Waals surface area contributed by atoms with Crippen LogP contribution < -0.4 is 5.73 Å². The van der Waals surface area contributed by atoms with Crippen molar-refractivity contribution in [1.29, 1.82) is 0 Å². The summed E-state index contributed by atoms with van der Waals surface area (Å²) < 4.78 is 0. The van der Waals surface area contributed by atoms with Gasteiger partial charge >= 0.3 is 0 Å². The van der Waals surface area contributed by atoms with Gasteiger partial charge in [0.1, 0.15) is 0 Å². The fraction of sp³-hybridized carbons (Fsp3) is 0.667. The van der Waals surface area contributed by atoms with Crippen molar-refractivity contribution in [3.8, 4) is 0 Å². The molecule has 2 N–H and O–H groups in total. The van der Waals surface area contributed by atoms with E-state index in [2.05, 4.69) is 32.9 Å². The molecule has 0 aromatic rings. The zero-order chi connectivity index (χ0) is 10.7. The lowest BCUT2D eigenvalue weighted by atomic mass is 10.2.